The fourth-order valence-electron chi connectivity index (χ4n) is 2.12. The molecule has 0 saturated carbocycles. The first-order valence-electron chi connectivity index (χ1n) is 6.21. The maximum Gasteiger partial charge on any atom is 0.0554 e. The van der Waals surface area contributed by atoms with E-state index >= 15 is 0 Å². The van der Waals surface area contributed by atoms with E-state index in [1.54, 1.807) is 5.19 Å². The van der Waals surface area contributed by atoms with Gasteiger partial charge >= 0.3 is 0 Å². The van der Waals surface area contributed by atoms with Crippen molar-refractivity contribution in [2.24, 2.45) is 0 Å². The fourth-order valence-corrected chi connectivity index (χ4v) is 4.04. The highest BCUT2D eigenvalue weighted by molar-refractivity contribution is 6.54. The summed E-state index contributed by atoms with van der Waals surface area (Å²) in [4.78, 5) is 4.05. The molecule has 0 unspecified atom stereocenters. The van der Waals surface area contributed by atoms with E-state index in [0.29, 0.717) is 0 Å². The molecule has 0 amide bonds. The Bertz CT molecular complexity index is 480. The molecule has 0 fully saturated rings. The second kappa shape index (κ2) is 5.78. The summed E-state index contributed by atoms with van der Waals surface area (Å²) in [5, 5.41) is 1.62. The first kappa shape index (κ1) is 12.1. The molecule has 2 heteroatoms. The maximum absolute atomic E-state index is 4.05. The van der Waals surface area contributed by atoms with Gasteiger partial charge in [-0.2, -0.15) is 0 Å². The quantitative estimate of drug-likeness (QED) is 0.748. The van der Waals surface area contributed by atoms with Gasteiger partial charge in [0.1, 0.15) is 0 Å². The second-order valence-corrected chi connectivity index (χ2v) is 6.54. The van der Waals surface area contributed by atoms with Gasteiger partial charge in [0.05, 0.1) is 9.52 Å². The molecule has 0 N–H and O–H groups in total. The number of pyridine rings is 1. The summed E-state index contributed by atoms with van der Waals surface area (Å²) in [6.45, 7) is 4.46. The van der Waals surface area contributed by atoms with Crippen molar-refractivity contribution in [1.29, 1.82) is 0 Å². The first-order chi connectivity index (χ1) is 8.27. The average Bonchev–Trinajstić information content (AvgIpc) is 2.36. The standard InChI is InChI=1S/C15H19NSi/c1-12-4-3-5-15(13(12)2)17-11-8-14-6-9-16-10-7-14/h3-7,9-10H,8,11,17H2,1-2H3. The van der Waals surface area contributed by atoms with Crippen LogP contribution in [-0.2, 0) is 6.42 Å². The van der Waals surface area contributed by atoms with Crippen LogP contribution in [0.4, 0.5) is 0 Å². The summed E-state index contributed by atoms with van der Waals surface area (Å²) in [6.07, 6.45) is 4.96. The molecule has 0 radical (unpaired) electrons. The van der Waals surface area contributed by atoms with Crippen LogP contribution in [0.3, 0.4) is 0 Å². The third-order valence-electron chi connectivity index (χ3n) is 3.38. The molecule has 0 aliphatic heterocycles. The van der Waals surface area contributed by atoms with Gasteiger partial charge in [-0.05, 0) is 49.1 Å². The van der Waals surface area contributed by atoms with E-state index in [4.69, 9.17) is 0 Å². The van der Waals surface area contributed by atoms with Crippen molar-refractivity contribution in [3.05, 3.63) is 59.4 Å². The molecule has 17 heavy (non-hydrogen) atoms. The molecule has 1 heterocycles. The van der Waals surface area contributed by atoms with E-state index in [2.05, 4.69) is 49.2 Å². The lowest BCUT2D eigenvalue weighted by atomic mass is 10.1. The van der Waals surface area contributed by atoms with E-state index < -0.39 is 0 Å². The molecular weight excluding hydrogens is 222 g/mol. The van der Waals surface area contributed by atoms with Crippen LogP contribution in [-0.4, -0.2) is 14.5 Å². The molecule has 0 spiro atoms. The summed E-state index contributed by atoms with van der Waals surface area (Å²) in [7, 11) is -0.126. The molecule has 2 rings (SSSR count). The SMILES string of the molecule is Cc1cccc([SiH2]CCc2ccncc2)c1C. The van der Waals surface area contributed by atoms with Crippen LogP contribution in [0.2, 0.25) is 6.04 Å². The molecule has 1 nitrogen and oxygen atoms in total. The van der Waals surface area contributed by atoms with Crippen LogP contribution in [0.1, 0.15) is 16.7 Å². The summed E-state index contributed by atoms with van der Waals surface area (Å²) in [5.74, 6) is 0. The Balaban J connectivity index is 1.93. The second-order valence-electron chi connectivity index (χ2n) is 4.57. The molecule has 0 aliphatic carbocycles. The van der Waals surface area contributed by atoms with Crippen LogP contribution in [0.25, 0.3) is 0 Å². The van der Waals surface area contributed by atoms with E-state index in [0.717, 1.165) is 0 Å². The summed E-state index contributed by atoms with van der Waals surface area (Å²) < 4.78 is 0. The molecule has 0 atom stereocenters. The Morgan fingerprint density at radius 3 is 2.59 bits per heavy atom. The third kappa shape index (κ3) is 3.27. The van der Waals surface area contributed by atoms with Gasteiger partial charge in [-0.25, -0.2) is 0 Å². The van der Waals surface area contributed by atoms with Crippen molar-refractivity contribution >= 4 is 14.7 Å². The number of benzene rings is 1. The zero-order valence-corrected chi connectivity index (χ0v) is 12.0. The summed E-state index contributed by atoms with van der Waals surface area (Å²) in [6, 6.07) is 12.3. The molecule has 88 valence electrons. The van der Waals surface area contributed by atoms with Gasteiger partial charge < -0.3 is 0 Å². The van der Waals surface area contributed by atoms with Gasteiger partial charge in [-0.1, -0.05) is 29.4 Å². The first-order valence-corrected chi connectivity index (χ1v) is 7.92. The Morgan fingerprint density at radius 2 is 1.82 bits per heavy atom. The van der Waals surface area contributed by atoms with Gasteiger partial charge in [0.25, 0.3) is 0 Å². The number of rotatable bonds is 4. The van der Waals surface area contributed by atoms with Crippen molar-refractivity contribution in [3.63, 3.8) is 0 Å². The third-order valence-corrected chi connectivity index (χ3v) is 5.39. The van der Waals surface area contributed by atoms with Crippen LogP contribution in [0, 0.1) is 13.8 Å². The molecule has 0 saturated heterocycles. The highest BCUT2D eigenvalue weighted by Gasteiger charge is 2.01. The number of aryl methyl sites for hydroxylation is 2. The normalized spacial score (nSPS) is 11.2. The summed E-state index contributed by atoms with van der Waals surface area (Å²) >= 11 is 0. The molecule has 1 aromatic carbocycles. The minimum Gasteiger partial charge on any atom is -0.265 e. The zero-order valence-electron chi connectivity index (χ0n) is 10.6. The number of nitrogens with zero attached hydrogens (tertiary/aromatic N) is 1. The van der Waals surface area contributed by atoms with Crippen molar-refractivity contribution in [2.45, 2.75) is 26.3 Å². The van der Waals surface area contributed by atoms with Crippen LogP contribution in [0.15, 0.2) is 42.7 Å². The predicted octanol–water partition coefficient (Wildman–Crippen LogP) is 2.15. The minimum absolute atomic E-state index is 0.126. The van der Waals surface area contributed by atoms with Crippen molar-refractivity contribution in [1.82, 2.24) is 4.98 Å². The van der Waals surface area contributed by atoms with Gasteiger partial charge in [-0.15, -0.1) is 0 Å². The number of aromatic nitrogens is 1. The number of hydrogen-bond donors (Lipinski definition) is 0. The highest BCUT2D eigenvalue weighted by Crippen LogP contribution is 2.05. The topological polar surface area (TPSA) is 12.9 Å². The van der Waals surface area contributed by atoms with Crippen LogP contribution >= 0.6 is 0 Å². The molecule has 1 aromatic heterocycles. The predicted molar refractivity (Wildman–Crippen MR) is 76.8 cm³/mol. The van der Waals surface area contributed by atoms with Crippen LogP contribution < -0.4 is 5.19 Å². The summed E-state index contributed by atoms with van der Waals surface area (Å²) in [5.41, 5.74) is 4.35. The fraction of sp³-hybridized carbons (Fsp3) is 0.267. The lowest BCUT2D eigenvalue weighted by Gasteiger charge is -2.07. The minimum atomic E-state index is -0.126. The maximum atomic E-state index is 4.05. The van der Waals surface area contributed by atoms with E-state index in [1.165, 1.54) is 29.2 Å². The lowest BCUT2D eigenvalue weighted by Crippen LogP contribution is -2.18. The molecular formula is C15H19NSi. The zero-order chi connectivity index (χ0) is 12.1. The molecule has 2 aromatic rings. The van der Waals surface area contributed by atoms with Gasteiger partial charge in [0.2, 0.25) is 0 Å². The van der Waals surface area contributed by atoms with Gasteiger partial charge in [0.15, 0.2) is 0 Å². The monoisotopic (exact) mass is 241 g/mol. The Morgan fingerprint density at radius 1 is 1.06 bits per heavy atom. The highest BCUT2D eigenvalue weighted by atomic mass is 28.2. The Labute approximate surface area is 106 Å². The van der Waals surface area contributed by atoms with Crippen molar-refractivity contribution in [3.8, 4) is 0 Å². The average molecular weight is 241 g/mol. The van der Waals surface area contributed by atoms with Crippen molar-refractivity contribution in [2.75, 3.05) is 0 Å². The van der Waals surface area contributed by atoms with E-state index in [-0.39, 0.29) is 9.52 Å². The molecule has 0 bridgehead atoms. The largest absolute Gasteiger partial charge is 0.265 e. The van der Waals surface area contributed by atoms with E-state index in [9.17, 15) is 0 Å². The smallest absolute Gasteiger partial charge is 0.0554 e. The Kier molecular flexibility index (Phi) is 4.10. The van der Waals surface area contributed by atoms with Gasteiger partial charge in [0, 0.05) is 12.4 Å². The van der Waals surface area contributed by atoms with Crippen molar-refractivity contribution < 1.29 is 0 Å². The van der Waals surface area contributed by atoms with E-state index in [1.807, 2.05) is 12.4 Å². The molecule has 0 aliphatic rings. The van der Waals surface area contributed by atoms with Gasteiger partial charge in [-0.3, -0.25) is 4.98 Å². The number of hydrogen-bond acceptors (Lipinski definition) is 1. The van der Waals surface area contributed by atoms with Crippen LogP contribution in [0.5, 0.6) is 0 Å². The lowest BCUT2D eigenvalue weighted by molar-refractivity contribution is 1.11. The Hall–Kier alpha value is -1.41.